The van der Waals surface area contributed by atoms with Crippen LogP contribution in [0.15, 0.2) is 46.2 Å². The zero-order chi connectivity index (χ0) is 24.3. The highest BCUT2D eigenvalue weighted by Crippen LogP contribution is 2.32. The number of rotatable bonds is 9. The summed E-state index contributed by atoms with van der Waals surface area (Å²) in [6.07, 6.45) is 0.909. The molecule has 9 nitrogen and oxygen atoms in total. The first kappa shape index (κ1) is 23.6. The second-order valence-corrected chi connectivity index (χ2v) is 8.83. The molecule has 1 aliphatic rings. The Morgan fingerprint density at radius 2 is 1.97 bits per heavy atom. The van der Waals surface area contributed by atoms with Crippen molar-refractivity contribution in [2.24, 2.45) is 0 Å². The molecular formula is C23H24FN5O4S. The van der Waals surface area contributed by atoms with Crippen LogP contribution in [0.2, 0.25) is 0 Å². The predicted octanol–water partition coefficient (Wildman–Crippen LogP) is 3.53. The van der Waals surface area contributed by atoms with Crippen molar-refractivity contribution in [3.63, 3.8) is 0 Å². The van der Waals surface area contributed by atoms with Gasteiger partial charge in [-0.25, -0.2) is 9.18 Å². The molecule has 4 amide bonds. The highest BCUT2D eigenvalue weighted by molar-refractivity contribution is 7.13. The van der Waals surface area contributed by atoms with Crippen molar-refractivity contribution in [1.82, 2.24) is 25.3 Å². The number of carbonyl (C=O) groups excluding carboxylic acids is 3. The van der Waals surface area contributed by atoms with E-state index in [2.05, 4.69) is 15.5 Å². The Morgan fingerprint density at radius 1 is 1.21 bits per heavy atom. The van der Waals surface area contributed by atoms with Gasteiger partial charge in [0.2, 0.25) is 11.8 Å². The van der Waals surface area contributed by atoms with Gasteiger partial charge in [0, 0.05) is 6.54 Å². The molecule has 1 aliphatic heterocycles. The number of imide groups is 1. The number of hydrogen-bond acceptors (Lipinski definition) is 7. The number of hydrogen-bond donors (Lipinski definition) is 1. The fraction of sp³-hybridized carbons (Fsp3) is 0.348. The molecule has 1 atom stereocenters. The van der Waals surface area contributed by atoms with Gasteiger partial charge in [0.25, 0.3) is 11.8 Å². The fourth-order valence-corrected chi connectivity index (χ4v) is 4.57. The van der Waals surface area contributed by atoms with E-state index in [0.29, 0.717) is 24.4 Å². The van der Waals surface area contributed by atoms with Gasteiger partial charge in [-0.1, -0.05) is 32.0 Å². The standard InChI is InChI=1S/C23H24FN5O4S/c1-3-11-28(13-18-26-27-20(33-18)17-6-5-12-34-17)19(30)14-29-21(31)23(4-2,25-22(29)32)15-7-9-16(24)10-8-15/h5-10,12H,3-4,11,13-14H2,1-2H3,(H,25,32)/t23-/m1/s1. The van der Waals surface area contributed by atoms with Gasteiger partial charge in [0.15, 0.2) is 0 Å². The van der Waals surface area contributed by atoms with Crippen molar-refractivity contribution in [3.8, 4) is 10.8 Å². The lowest BCUT2D eigenvalue weighted by Crippen LogP contribution is -2.45. The molecule has 11 heteroatoms. The molecule has 2 aromatic heterocycles. The van der Waals surface area contributed by atoms with Gasteiger partial charge in [-0.15, -0.1) is 21.5 Å². The molecule has 0 spiro atoms. The molecular weight excluding hydrogens is 461 g/mol. The van der Waals surface area contributed by atoms with Crippen LogP contribution in [0.25, 0.3) is 10.8 Å². The number of urea groups is 1. The minimum Gasteiger partial charge on any atom is -0.418 e. The number of aromatic nitrogens is 2. The number of nitrogens with one attached hydrogen (secondary N) is 1. The first-order valence-electron chi connectivity index (χ1n) is 10.9. The van der Waals surface area contributed by atoms with Crippen LogP contribution < -0.4 is 5.32 Å². The second kappa shape index (κ2) is 9.72. The van der Waals surface area contributed by atoms with Crippen molar-refractivity contribution >= 4 is 29.2 Å². The van der Waals surface area contributed by atoms with Gasteiger partial charge >= 0.3 is 6.03 Å². The van der Waals surface area contributed by atoms with E-state index in [1.54, 1.807) is 6.92 Å². The van der Waals surface area contributed by atoms with Crippen LogP contribution in [0.3, 0.4) is 0 Å². The lowest BCUT2D eigenvalue weighted by Gasteiger charge is -2.26. The van der Waals surface area contributed by atoms with Gasteiger partial charge in [-0.3, -0.25) is 14.5 Å². The SMILES string of the molecule is CCCN(Cc1nnc(-c2cccs2)o1)C(=O)CN1C(=O)N[C@](CC)(c2ccc(F)cc2)C1=O. The molecule has 4 rings (SSSR count). The molecule has 0 bridgehead atoms. The molecule has 3 heterocycles. The molecule has 178 valence electrons. The Balaban J connectivity index is 1.50. The molecule has 0 aliphatic carbocycles. The minimum absolute atomic E-state index is 0.0611. The van der Waals surface area contributed by atoms with E-state index < -0.39 is 35.7 Å². The highest BCUT2D eigenvalue weighted by Gasteiger charge is 2.51. The average molecular weight is 486 g/mol. The molecule has 0 saturated carbocycles. The topological polar surface area (TPSA) is 109 Å². The van der Waals surface area contributed by atoms with E-state index in [0.717, 1.165) is 9.78 Å². The first-order chi connectivity index (χ1) is 16.4. The lowest BCUT2D eigenvalue weighted by molar-refractivity contribution is -0.139. The Kier molecular flexibility index (Phi) is 6.73. The Bertz CT molecular complexity index is 1180. The van der Waals surface area contributed by atoms with Gasteiger partial charge < -0.3 is 14.6 Å². The molecule has 0 unspecified atom stereocenters. The van der Waals surface area contributed by atoms with E-state index in [1.807, 2.05) is 24.4 Å². The van der Waals surface area contributed by atoms with Crippen LogP contribution in [0.4, 0.5) is 9.18 Å². The van der Waals surface area contributed by atoms with Gasteiger partial charge in [-0.05, 0) is 42.0 Å². The largest absolute Gasteiger partial charge is 0.418 e. The summed E-state index contributed by atoms with van der Waals surface area (Å²) in [5.41, 5.74) is -0.884. The van der Waals surface area contributed by atoms with Crippen molar-refractivity contribution in [1.29, 1.82) is 0 Å². The Hall–Kier alpha value is -3.60. The summed E-state index contributed by atoms with van der Waals surface area (Å²) in [7, 11) is 0. The predicted molar refractivity (Wildman–Crippen MR) is 122 cm³/mol. The minimum atomic E-state index is -1.34. The highest BCUT2D eigenvalue weighted by atomic mass is 32.1. The Morgan fingerprint density at radius 3 is 2.62 bits per heavy atom. The van der Waals surface area contributed by atoms with Crippen LogP contribution in [0.5, 0.6) is 0 Å². The average Bonchev–Trinajstić information content (AvgIpc) is 3.56. The zero-order valence-electron chi connectivity index (χ0n) is 18.8. The van der Waals surface area contributed by atoms with Gasteiger partial charge in [0.1, 0.15) is 17.9 Å². The summed E-state index contributed by atoms with van der Waals surface area (Å²) < 4.78 is 19.1. The normalized spacial score (nSPS) is 17.8. The molecule has 1 saturated heterocycles. The summed E-state index contributed by atoms with van der Waals surface area (Å²) in [6.45, 7) is 3.67. The van der Waals surface area contributed by atoms with Crippen molar-refractivity contribution in [2.45, 2.75) is 38.8 Å². The van der Waals surface area contributed by atoms with Crippen LogP contribution in [0.1, 0.15) is 38.1 Å². The van der Waals surface area contributed by atoms with Crippen molar-refractivity contribution in [3.05, 3.63) is 59.0 Å². The van der Waals surface area contributed by atoms with Crippen LogP contribution in [-0.4, -0.2) is 50.9 Å². The molecule has 34 heavy (non-hydrogen) atoms. The maximum absolute atomic E-state index is 13.4. The Labute approximate surface area is 199 Å². The van der Waals surface area contributed by atoms with Crippen LogP contribution in [-0.2, 0) is 21.7 Å². The first-order valence-corrected chi connectivity index (χ1v) is 11.8. The van der Waals surface area contributed by atoms with Crippen molar-refractivity contribution < 1.29 is 23.2 Å². The summed E-state index contributed by atoms with van der Waals surface area (Å²) in [4.78, 5) is 42.3. The summed E-state index contributed by atoms with van der Waals surface area (Å²) in [6, 6.07) is 8.46. The third-order valence-electron chi connectivity index (χ3n) is 5.71. The number of thiophene rings is 1. The van der Waals surface area contributed by atoms with E-state index in [4.69, 9.17) is 4.42 Å². The third-order valence-corrected chi connectivity index (χ3v) is 6.57. The lowest BCUT2D eigenvalue weighted by atomic mass is 9.87. The number of amides is 4. The molecule has 1 N–H and O–H groups in total. The van der Waals surface area contributed by atoms with E-state index in [-0.39, 0.29) is 18.9 Å². The van der Waals surface area contributed by atoms with Crippen molar-refractivity contribution in [2.75, 3.05) is 13.1 Å². The zero-order valence-corrected chi connectivity index (χ0v) is 19.6. The summed E-state index contributed by atoms with van der Waals surface area (Å²) in [5.74, 6) is -0.787. The summed E-state index contributed by atoms with van der Waals surface area (Å²) in [5, 5.41) is 12.7. The molecule has 1 fully saturated rings. The molecule has 0 radical (unpaired) electrons. The van der Waals surface area contributed by atoms with E-state index >= 15 is 0 Å². The second-order valence-electron chi connectivity index (χ2n) is 7.88. The molecule has 1 aromatic carbocycles. The number of nitrogens with zero attached hydrogens (tertiary/aromatic N) is 4. The molecule has 3 aromatic rings. The quantitative estimate of drug-likeness (QED) is 0.465. The fourth-order valence-electron chi connectivity index (χ4n) is 3.92. The maximum Gasteiger partial charge on any atom is 0.325 e. The van der Waals surface area contributed by atoms with E-state index in [9.17, 15) is 18.8 Å². The summed E-state index contributed by atoms with van der Waals surface area (Å²) >= 11 is 1.46. The van der Waals surface area contributed by atoms with Gasteiger partial charge in [0.05, 0.1) is 11.4 Å². The number of carbonyl (C=O) groups is 3. The smallest absolute Gasteiger partial charge is 0.325 e. The van der Waals surface area contributed by atoms with Crippen LogP contribution in [0, 0.1) is 5.82 Å². The van der Waals surface area contributed by atoms with Gasteiger partial charge in [-0.2, -0.15) is 0 Å². The third kappa shape index (κ3) is 4.43. The monoisotopic (exact) mass is 485 g/mol. The van der Waals surface area contributed by atoms with E-state index in [1.165, 1.54) is 40.5 Å². The van der Waals surface area contributed by atoms with Crippen LogP contribution >= 0.6 is 11.3 Å². The number of benzene rings is 1. The number of halogens is 1. The maximum atomic E-state index is 13.4.